The van der Waals surface area contributed by atoms with Crippen LogP contribution in [-0.4, -0.2) is 31.2 Å². The lowest BCUT2D eigenvalue weighted by Crippen LogP contribution is -2.05. The van der Waals surface area contributed by atoms with Crippen molar-refractivity contribution >= 4 is 11.7 Å². The molecule has 0 spiro atoms. The Bertz CT molecular complexity index is 1230. The van der Waals surface area contributed by atoms with Gasteiger partial charge in [-0.2, -0.15) is 4.98 Å². The van der Waals surface area contributed by atoms with Gasteiger partial charge in [-0.15, -0.1) is 10.2 Å². The lowest BCUT2D eigenvalue weighted by atomic mass is 10.2. The predicted molar refractivity (Wildman–Crippen MR) is 105 cm³/mol. The molecule has 0 saturated heterocycles. The van der Waals surface area contributed by atoms with Gasteiger partial charge < -0.3 is 18.4 Å². The highest BCUT2D eigenvalue weighted by Crippen LogP contribution is 2.21. The van der Waals surface area contributed by atoms with Crippen molar-refractivity contribution in [2.75, 3.05) is 0 Å². The summed E-state index contributed by atoms with van der Waals surface area (Å²) in [6, 6.07) is 12.0. The third-order valence-electron chi connectivity index (χ3n) is 4.15. The maximum atomic E-state index is 12.2. The van der Waals surface area contributed by atoms with Gasteiger partial charge in [0.05, 0.1) is 10.5 Å². The van der Waals surface area contributed by atoms with E-state index in [1.807, 2.05) is 0 Å². The lowest BCUT2D eigenvalue weighted by molar-refractivity contribution is -0.384. The van der Waals surface area contributed by atoms with Gasteiger partial charge in [0.1, 0.15) is 5.75 Å². The van der Waals surface area contributed by atoms with Crippen LogP contribution >= 0.6 is 0 Å². The van der Waals surface area contributed by atoms with E-state index < -0.39 is 10.9 Å². The minimum atomic E-state index is -0.583. The van der Waals surface area contributed by atoms with Crippen molar-refractivity contribution in [3.05, 3.63) is 81.8 Å². The van der Waals surface area contributed by atoms with Crippen molar-refractivity contribution in [3.8, 4) is 17.2 Å². The lowest BCUT2D eigenvalue weighted by Gasteiger charge is -2.05. The second kappa shape index (κ2) is 9.04. The Balaban J connectivity index is 1.30. The molecule has 2 aromatic carbocycles. The highest BCUT2D eigenvalue weighted by Gasteiger charge is 2.14. The zero-order valence-electron chi connectivity index (χ0n) is 16.6. The van der Waals surface area contributed by atoms with E-state index in [0.29, 0.717) is 28.6 Å². The van der Waals surface area contributed by atoms with Gasteiger partial charge in [0.25, 0.3) is 11.6 Å². The maximum Gasteiger partial charge on any atom is 0.338 e. The van der Waals surface area contributed by atoms with Gasteiger partial charge in [0.15, 0.2) is 13.2 Å². The molecule has 32 heavy (non-hydrogen) atoms. The molecule has 0 amide bonds. The van der Waals surface area contributed by atoms with Gasteiger partial charge in [-0.3, -0.25) is 10.1 Å². The molecule has 0 N–H and O–H groups in total. The fourth-order valence-corrected chi connectivity index (χ4v) is 2.60. The molecule has 162 valence electrons. The normalized spacial score (nSPS) is 10.7. The monoisotopic (exact) mass is 437 g/mol. The number of benzene rings is 2. The molecule has 4 aromatic rings. The molecular formula is C20H15N5O7. The number of aromatic nitrogens is 4. The van der Waals surface area contributed by atoms with E-state index in [1.165, 1.54) is 24.3 Å². The first-order valence-electron chi connectivity index (χ1n) is 9.24. The molecule has 0 radical (unpaired) electrons. The van der Waals surface area contributed by atoms with Crippen LogP contribution in [0.5, 0.6) is 5.75 Å². The Labute approximate surface area is 179 Å². The van der Waals surface area contributed by atoms with E-state index in [2.05, 4.69) is 20.3 Å². The van der Waals surface area contributed by atoms with Crippen LogP contribution in [0.15, 0.2) is 57.5 Å². The third-order valence-corrected chi connectivity index (χ3v) is 4.15. The molecular weight excluding hydrogens is 422 g/mol. The first-order chi connectivity index (χ1) is 15.5. The van der Waals surface area contributed by atoms with E-state index in [9.17, 15) is 14.9 Å². The molecule has 12 nitrogen and oxygen atoms in total. The fourth-order valence-electron chi connectivity index (χ4n) is 2.60. The quantitative estimate of drug-likeness (QED) is 0.226. The summed E-state index contributed by atoms with van der Waals surface area (Å²) in [6.07, 6.45) is 0. The van der Waals surface area contributed by atoms with E-state index in [1.54, 1.807) is 31.2 Å². The summed E-state index contributed by atoms with van der Waals surface area (Å²) < 4.78 is 21.0. The molecule has 0 aliphatic rings. The van der Waals surface area contributed by atoms with Crippen LogP contribution in [0.4, 0.5) is 5.69 Å². The van der Waals surface area contributed by atoms with Crippen molar-refractivity contribution in [3.63, 3.8) is 0 Å². The zero-order chi connectivity index (χ0) is 22.5. The molecule has 2 aromatic heterocycles. The second-order valence-electron chi connectivity index (χ2n) is 6.42. The van der Waals surface area contributed by atoms with Crippen LogP contribution in [0.1, 0.15) is 28.0 Å². The number of non-ortho nitro benzene ring substituents is 1. The van der Waals surface area contributed by atoms with Crippen molar-refractivity contribution in [2.24, 2.45) is 0 Å². The minimum Gasteiger partial charge on any atom is -0.485 e. The number of hydrogen-bond acceptors (Lipinski definition) is 11. The summed E-state index contributed by atoms with van der Waals surface area (Å²) in [5.41, 5.74) is 0.763. The smallest absolute Gasteiger partial charge is 0.338 e. The van der Waals surface area contributed by atoms with Crippen molar-refractivity contribution < 1.29 is 28.1 Å². The first kappa shape index (κ1) is 20.7. The van der Waals surface area contributed by atoms with Gasteiger partial charge in [0.2, 0.25) is 17.6 Å². The highest BCUT2D eigenvalue weighted by atomic mass is 16.6. The molecule has 0 aliphatic carbocycles. The van der Waals surface area contributed by atoms with Crippen LogP contribution in [0.25, 0.3) is 11.5 Å². The number of nitrogens with zero attached hydrogens (tertiary/aromatic N) is 5. The van der Waals surface area contributed by atoms with Crippen LogP contribution in [0.3, 0.4) is 0 Å². The highest BCUT2D eigenvalue weighted by molar-refractivity contribution is 5.89. The van der Waals surface area contributed by atoms with Gasteiger partial charge >= 0.3 is 5.97 Å². The minimum absolute atomic E-state index is 0.0521. The Morgan fingerprint density at radius 3 is 2.47 bits per heavy atom. The van der Waals surface area contributed by atoms with Crippen LogP contribution in [0.2, 0.25) is 0 Å². The topological polar surface area (TPSA) is 157 Å². The molecule has 0 aliphatic heterocycles. The number of carbonyl (C=O) groups excluding carboxylic acids is 1. The Kier molecular flexibility index (Phi) is 5.83. The number of nitro benzene ring substituents is 1. The van der Waals surface area contributed by atoms with Crippen LogP contribution < -0.4 is 4.74 Å². The van der Waals surface area contributed by atoms with E-state index in [4.69, 9.17) is 18.4 Å². The summed E-state index contributed by atoms with van der Waals surface area (Å²) in [6.45, 7) is 1.59. The van der Waals surface area contributed by atoms with Crippen LogP contribution in [0, 0.1) is 17.0 Å². The predicted octanol–water partition coefficient (Wildman–Crippen LogP) is 3.27. The summed E-state index contributed by atoms with van der Waals surface area (Å²) in [5, 5.41) is 22.1. The second-order valence-corrected chi connectivity index (χ2v) is 6.42. The molecule has 0 unspecified atom stereocenters. The fraction of sp³-hybridized carbons (Fsp3) is 0.150. The standard InChI is InChI=1S/C20H15N5O7/c1-12-21-17(24-32-12)10-29-16-8-4-14(5-9-16)20(26)30-11-18-22-23-19(31-18)13-2-6-15(7-3-13)25(27)28/h2-9H,10-11H2,1H3. The van der Waals surface area contributed by atoms with Gasteiger partial charge in [-0.25, -0.2) is 4.79 Å². The molecule has 0 fully saturated rings. The number of aryl methyl sites for hydroxylation is 1. The molecule has 2 heterocycles. The average molecular weight is 437 g/mol. The SMILES string of the molecule is Cc1nc(COc2ccc(C(=O)OCc3nnc(-c4ccc([N+](=O)[O-])cc4)o3)cc2)no1. The Hall–Kier alpha value is -4.61. The molecule has 0 bridgehead atoms. The number of ether oxygens (including phenoxy) is 2. The van der Waals surface area contributed by atoms with Crippen molar-refractivity contribution in [2.45, 2.75) is 20.1 Å². The summed E-state index contributed by atoms with van der Waals surface area (Å²) in [7, 11) is 0. The Morgan fingerprint density at radius 1 is 1.06 bits per heavy atom. The molecule has 12 heteroatoms. The number of carbonyl (C=O) groups is 1. The van der Waals surface area contributed by atoms with Gasteiger partial charge in [0, 0.05) is 24.6 Å². The van der Waals surface area contributed by atoms with E-state index in [-0.39, 0.29) is 30.7 Å². The molecule has 0 saturated carbocycles. The number of rotatable bonds is 8. The number of esters is 1. The van der Waals surface area contributed by atoms with Gasteiger partial charge in [-0.1, -0.05) is 5.16 Å². The third kappa shape index (κ3) is 4.92. The zero-order valence-corrected chi connectivity index (χ0v) is 16.6. The van der Waals surface area contributed by atoms with Crippen LogP contribution in [-0.2, 0) is 18.0 Å². The summed E-state index contributed by atoms with van der Waals surface area (Å²) in [5.74, 6) is 1.04. The maximum absolute atomic E-state index is 12.2. The number of nitro groups is 1. The average Bonchev–Trinajstić information content (AvgIpc) is 3.45. The largest absolute Gasteiger partial charge is 0.485 e. The molecule has 0 atom stereocenters. The van der Waals surface area contributed by atoms with Crippen molar-refractivity contribution in [1.82, 2.24) is 20.3 Å². The van der Waals surface area contributed by atoms with E-state index in [0.717, 1.165) is 0 Å². The Morgan fingerprint density at radius 2 is 1.81 bits per heavy atom. The summed E-state index contributed by atoms with van der Waals surface area (Å²) >= 11 is 0. The van der Waals surface area contributed by atoms with E-state index >= 15 is 0 Å². The number of hydrogen-bond donors (Lipinski definition) is 0. The summed E-state index contributed by atoms with van der Waals surface area (Å²) in [4.78, 5) is 26.5. The first-order valence-corrected chi connectivity index (χ1v) is 9.24. The van der Waals surface area contributed by atoms with Gasteiger partial charge in [-0.05, 0) is 36.4 Å². The van der Waals surface area contributed by atoms with Crippen molar-refractivity contribution in [1.29, 1.82) is 0 Å². The molecule has 4 rings (SSSR count).